The molecule has 5 nitrogen and oxygen atoms in total. The Kier molecular flexibility index (Phi) is 6.98. The number of aliphatic hydroxyl groups excluding tert-OH is 1. The number of hydrogen-bond donors (Lipinski definition) is 2. The average molecular weight is 424 g/mol. The van der Waals surface area contributed by atoms with E-state index >= 15 is 0 Å². The van der Waals surface area contributed by atoms with Crippen molar-refractivity contribution in [1.82, 2.24) is 4.57 Å². The minimum absolute atomic E-state index is 0. The van der Waals surface area contributed by atoms with Crippen LogP contribution in [0.1, 0.15) is 11.1 Å². The van der Waals surface area contributed by atoms with Crippen molar-refractivity contribution in [3.8, 4) is 5.75 Å². The minimum Gasteiger partial charge on any atom is -1.00 e. The molecule has 156 valence electrons. The summed E-state index contributed by atoms with van der Waals surface area (Å²) >= 11 is 0. The smallest absolute Gasteiger partial charge is 0.356 e. The van der Waals surface area contributed by atoms with Gasteiger partial charge < -0.3 is 22.3 Å². The fourth-order valence-corrected chi connectivity index (χ4v) is 3.52. The molecule has 3 N–H and O–H groups in total. The number of hydrogen-bond acceptors (Lipinski definition) is 3. The van der Waals surface area contributed by atoms with Crippen LogP contribution in [0.3, 0.4) is 0 Å². The van der Waals surface area contributed by atoms with Crippen LogP contribution in [0.5, 0.6) is 5.75 Å². The highest BCUT2D eigenvalue weighted by Gasteiger charge is 2.23. The summed E-state index contributed by atoms with van der Waals surface area (Å²) in [4.78, 5) is 0. The summed E-state index contributed by atoms with van der Waals surface area (Å²) < 4.78 is 9.74. The van der Waals surface area contributed by atoms with Gasteiger partial charge in [0.1, 0.15) is 36.0 Å². The second-order valence-corrected chi connectivity index (χ2v) is 7.31. The molecule has 30 heavy (non-hydrogen) atoms. The highest BCUT2D eigenvalue weighted by molar-refractivity contribution is 5.74. The SMILES string of the molecule is Cc1ccc(C[n+]2c(N)n(CC(O)COc3ccccc3)c3ccccc32)cc1.[Cl-]. The molecule has 0 fully saturated rings. The maximum atomic E-state index is 10.6. The summed E-state index contributed by atoms with van der Waals surface area (Å²) in [6.45, 7) is 3.32. The lowest BCUT2D eigenvalue weighted by Gasteiger charge is -2.12. The van der Waals surface area contributed by atoms with Crippen molar-refractivity contribution in [3.05, 3.63) is 90.0 Å². The van der Waals surface area contributed by atoms with Crippen molar-refractivity contribution in [2.45, 2.75) is 26.1 Å². The molecule has 1 heterocycles. The first-order valence-corrected chi connectivity index (χ1v) is 9.80. The molecule has 0 spiro atoms. The van der Waals surface area contributed by atoms with E-state index in [0.717, 1.165) is 16.8 Å². The predicted octanol–water partition coefficient (Wildman–Crippen LogP) is 0.312. The Morgan fingerprint density at radius 1 is 0.967 bits per heavy atom. The molecule has 1 unspecified atom stereocenters. The second kappa shape index (κ2) is 9.65. The van der Waals surface area contributed by atoms with E-state index in [2.05, 4.69) is 41.8 Å². The highest BCUT2D eigenvalue weighted by Crippen LogP contribution is 2.18. The van der Waals surface area contributed by atoms with Crippen molar-refractivity contribution in [1.29, 1.82) is 0 Å². The summed E-state index contributed by atoms with van der Waals surface area (Å²) in [6, 6.07) is 26.0. The third-order valence-electron chi connectivity index (χ3n) is 5.06. The molecule has 0 aliphatic rings. The minimum atomic E-state index is -0.680. The van der Waals surface area contributed by atoms with E-state index in [1.54, 1.807) is 0 Å². The van der Waals surface area contributed by atoms with E-state index < -0.39 is 6.10 Å². The van der Waals surface area contributed by atoms with Crippen molar-refractivity contribution < 1.29 is 26.8 Å². The zero-order chi connectivity index (χ0) is 20.2. The maximum Gasteiger partial charge on any atom is 0.356 e. The van der Waals surface area contributed by atoms with E-state index in [9.17, 15) is 5.11 Å². The van der Waals surface area contributed by atoms with E-state index in [0.29, 0.717) is 19.0 Å². The van der Waals surface area contributed by atoms with Gasteiger partial charge in [-0.2, -0.15) is 0 Å². The van der Waals surface area contributed by atoms with Crippen LogP contribution in [0.25, 0.3) is 11.0 Å². The summed E-state index contributed by atoms with van der Waals surface area (Å²) in [5.41, 5.74) is 11.0. The number of halogens is 1. The van der Waals surface area contributed by atoms with Gasteiger partial charge in [-0.05, 0) is 36.8 Å². The van der Waals surface area contributed by atoms with Crippen LogP contribution in [0.2, 0.25) is 0 Å². The Hall–Kier alpha value is -3.02. The lowest BCUT2D eigenvalue weighted by molar-refractivity contribution is -0.648. The number of imidazole rings is 1. The molecule has 0 bridgehead atoms. The maximum absolute atomic E-state index is 10.6. The number of ether oxygens (including phenoxy) is 1. The first-order valence-electron chi connectivity index (χ1n) is 9.80. The number of aliphatic hydroxyl groups is 1. The molecule has 4 aromatic rings. The lowest BCUT2D eigenvalue weighted by Crippen LogP contribution is -3.00. The van der Waals surface area contributed by atoms with E-state index in [4.69, 9.17) is 10.5 Å². The van der Waals surface area contributed by atoms with Gasteiger partial charge in [0.05, 0.1) is 6.54 Å². The number of para-hydroxylation sites is 3. The van der Waals surface area contributed by atoms with Crippen LogP contribution in [-0.4, -0.2) is 22.4 Å². The quantitative estimate of drug-likeness (QED) is 0.421. The first-order chi connectivity index (χ1) is 14.1. The number of fused-ring (bicyclic) bond motifs is 1. The normalized spacial score (nSPS) is 11.8. The van der Waals surface area contributed by atoms with Crippen LogP contribution >= 0.6 is 0 Å². The van der Waals surface area contributed by atoms with Crippen molar-refractivity contribution in [3.63, 3.8) is 0 Å². The Balaban J connectivity index is 0.00000256. The third kappa shape index (κ3) is 4.75. The van der Waals surface area contributed by atoms with Crippen LogP contribution in [0.4, 0.5) is 5.95 Å². The molecule has 0 amide bonds. The van der Waals surface area contributed by atoms with Gasteiger partial charge in [-0.15, -0.1) is 0 Å². The second-order valence-electron chi connectivity index (χ2n) is 7.31. The number of aromatic nitrogens is 2. The van der Waals surface area contributed by atoms with E-state index in [-0.39, 0.29) is 19.0 Å². The molecule has 3 aromatic carbocycles. The van der Waals surface area contributed by atoms with E-state index in [1.807, 2.05) is 53.1 Å². The van der Waals surface area contributed by atoms with Gasteiger partial charge in [-0.1, -0.05) is 60.2 Å². The molecule has 0 radical (unpaired) electrons. The summed E-state index contributed by atoms with van der Waals surface area (Å²) in [7, 11) is 0. The summed E-state index contributed by atoms with van der Waals surface area (Å²) in [5, 5.41) is 10.6. The molecule has 0 saturated heterocycles. The fourth-order valence-electron chi connectivity index (χ4n) is 3.52. The zero-order valence-electron chi connectivity index (χ0n) is 16.9. The third-order valence-corrected chi connectivity index (χ3v) is 5.06. The molecule has 0 aliphatic heterocycles. The van der Waals surface area contributed by atoms with Gasteiger partial charge in [-0.25, -0.2) is 9.13 Å². The van der Waals surface area contributed by atoms with Crippen molar-refractivity contribution in [2.75, 3.05) is 12.3 Å². The van der Waals surface area contributed by atoms with Crippen LogP contribution in [0.15, 0.2) is 78.9 Å². The number of anilines is 1. The number of nitrogen functional groups attached to an aromatic ring is 1. The Labute approximate surface area is 182 Å². The van der Waals surface area contributed by atoms with Gasteiger partial charge in [0.2, 0.25) is 0 Å². The summed E-state index contributed by atoms with van der Waals surface area (Å²) in [6.07, 6.45) is -0.680. The lowest BCUT2D eigenvalue weighted by atomic mass is 10.1. The van der Waals surface area contributed by atoms with Gasteiger partial charge in [0.15, 0.2) is 0 Å². The zero-order valence-corrected chi connectivity index (χ0v) is 17.7. The molecule has 4 rings (SSSR count). The molecule has 1 aromatic heterocycles. The molecular formula is C24H26ClN3O2. The first kappa shape index (κ1) is 21.7. The fraction of sp³-hybridized carbons (Fsp3) is 0.208. The molecule has 0 aliphatic carbocycles. The molecule has 1 atom stereocenters. The number of benzene rings is 3. The van der Waals surface area contributed by atoms with Crippen molar-refractivity contribution in [2.24, 2.45) is 0 Å². The van der Waals surface area contributed by atoms with Crippen LogP contribution in [0, 0.1) is 6.92 Å². The highest BCUT2D eigenvalue weighted by atomic mass is 35.5. The molecular weight excluding hydrogens is 398 g/mol. The van der Waals surface area contributed by atoms with Crippen LogP contribution in [-0.2, 0) is 13.1 Å². The molecule has 6 heteroatoms. The Morgan fingerprint density at radius 2 is 1.63 bits per heavy atom. The Bertz CT molecular complexity index is 1090. The standard InChI is InChI=1S/C24H25N3O2.ClH/c1-18-11-13-19(14-12-18)15-26-22-9-5-6-10-23(22)27(24(26)25)16-20(28)17-29-21-7-3-2-4-8-21;/h2-14,20,25,28H,15-17H2,1H3;1H. The van der Waals surface area contributed by atoms with E-state index in [1.165, 1.54) is 11.1 Å². The number of nitrogens with zero attached hydrogens (tertiary/aromatic N) is 2. The monoisotopic (exact) mass is 423 g/mol. The number of nitrogens with two attached hydrogens (primary N) is 1. The average Bonchev–Trinajstić information content (AvgIpc) is 3.00. The van der Waals surface area contributed by atoms with Gasteiger partial charge in [0.25, 0.3) is 0 Å². The predicted molar refractivity (Wildman–Crippen MR) is 115 cm³/mol. The van der Waals surface area contributed by atoms with Crippen LogP contribution < -0.4 is 27.4 Å². The topological polar surface area (TPSA) is 64.3 Å². The summed E-state index contributed by atoms with van der Waals surface area (Å²) in [5.74, 6) is 1.36. The number of aryl methyl sites for hydroxylation is 1. The molecule has 0 saturated carbocycles. The Morgan fingerprint density at radius 3 is 2.37 bits per heavy atom. The van der Waals surface area contributed by atoms with Gasteiger partial charge in [0, 0.05) is 0 Å². The largest absolute Gasteiger partial charge is 1.00 e. The van der Waals surface area contributed by atoms with Gasteiger partial charge >= 0.3 is 5.95 Å². The van der Waals surface area contributed by atoms with Gasteiger partial charge in [-0.3, -0.25) is 5.73 Å². The van der Waals surface area contributed by atoms with Crippen molar-refractivity contribution >= 4 is 17.0 Å². The number of rotatable bonds is 7.